The molecular formula is C20H27NO3Si. The highest BCUT2D eigenvalue weighted by Gasteiger charge is 2.36. The molecule has 0 aromatic heterocycles. The van der Waals surface area contributed by atoms with Crippen LogP contribution in [-0.4, -0.2) is 14.4 Å². The van der Waals surface area contributed by atoms with Crippen LogP contribution in [0.2, 0.25) is 18.1 Å². The maximum Gasteiger partial charge on any atom is 0.417 e. The molecule has 0 radical (unpaired) electrons. The molecule has 4 nitrogen and oxygen atoms in total. The third kappa shape index (κ3) is 5.72. The summed E-state index contributed by atoms with van der Waals surface area (Å²) in [6.45, 7) is 11.7. The van der Waals surface area contributed by atoms with Gasteiger partial charge in [0.25, 0.3) is 0 Å². The van der Waals surface area contributed by atoms with Crippen molar-refractivity contribution < 1.29 is 14.0 Å². The summed E-state index contributed by atoms with van der Waals surface area (Å²) in [5.74, 6) is 0.513. The van der Waals surface area contributed by atoms with Crippen molar-refractivity contribution in [3.8, 4) is 5.75 Å². The Labute approximate surface area is 151 Å². The fourth-order valence-corrected chi connectivity index (χ4v) is 2.86. The van der Waals surface area contributed by atoms with E-state index in [0.29, 0.717) is 18.0 Å². The first-order chi connectivity index (χ1) is 11.7. The molecule has 0 heterocycles. The maximum atomic E-state index is 11.9. The largest absolute Gasteiger partial charge is 0.417 e. The molecule has 0 saturated heterocycles. The van der Waals surface area contributed by atoms with E-state index in [1.165, 1.54) is 0 Å². The molecule has 2 aromatic rings. The minimum atomic E-state index is -1.76. The SMILES string of the molecule is CC(C)(C)[Si](C)(C)OCc1ccc(NC(=O)Oc2ccccc2)cc1. The smallest absolute Gasteiger partial charge is 0.413 e. The highest BCUT2D eigenvalue weighted by atomic mass is 28.4. The van der Waals surface area contributed by atoms with Crippen molar-refractivity contribution in [2.24, 2.45) is 0 Å². The number of ether oxygens (including phenoxy) is 1. The van der Waals surface area contributed by atoms with Gasteiger partial charge in [-0.15, -0.1) is 0 Å². The van der Waals surface area contributed by atoms with Crippen LogP contribution in [0.15, 0.2) is 54.6 Å². The molecule has 0 aliphatic carbocycles. The molecule has 2 aromatic carbocycles. The zero-order chi connectivity index (χ0) is 18.5. The molecule has 134 valence electrons. The summed E-state index contributed by atoms with van der Waals surface area (Å²) in [6.07, 6.45) is -0.503. The van der Waals surface area contributed by atoms with Crippen molar-refractivity contribution in [2.75, 3.05) is 5.32 Å². The zero-order valence-corrected chi connectivity index (χ0v) is 16.6. The molecule has 5 heteroatoms. The number of carbonyl (C=O) groups is 1. The predicted octanol–water partition coefficient (Wildman–Crippen LogP) is 5.82. The summed E-state index contributed by atoms with van der Waals surface area (Å²) in [5, 5.41) is 2.91. The normalized spacial score (nSPS) is 11.9. The van der Waals surface area contributed by atoms with Gasteiger partial charge in [-0.1, -0.05) is 51.1 Å². The van der Waals surface area contributed by atoms with Crippen LogP contribution in [0.25, 0.3) is 0 Å². The number of hydrogen-bond acceptors (Lipinski definition) is 3. The Morgan fingerprint density at radius 2 is 1.60 bits per heavy atom. The van der Waals surface area contributed by atoms with Crippen molar-refractivity contribution in [1.82, 2.24) is 0 Å². The zero-order valence-electron chi connectivity index (χ0n) is 15.6. The minimum Gasteiger partial charge on any atom is -0.413 e. The van der Waals surface area contributed by atoms with E-state index in [0.717, 1.165) is 5.56 Å². The van der Waals surface area contributed by atoms with Gasteiger partial charge in [0, 0.05) is 5.69 Å². The van der Waals surface area contributed by atoms with Gasteiger partial charge in [-0.05, 0) is 48.0 Å². The van der Waals surface area contributed by atoms with Crippen LogP contribution in [0.5, 0.6) is 5.75 Å². The Morgan fingerprint density at radius 1 is 1.00 bits per heavy atom. The van der Waals surface area contributed by atoms with Gasteiger partial charge in [0.15, 0.2) is 8.32 Å². The number of rotatable bonds is 5. The second kappa shape index (κ2) is 7.85. The Balaban J connectivity index is 1.88. The fraction of sp³-hybridized carbons (Fsp3) is 0.350. The van der Waals surface area contributed by atoms with Gasteiger partial charge < -0.3 is 9.16 Å². The molecule has 0 fully saturated rings. The van der Waals surface area contributed by atoms with E-state index in [1.54, 1.807) is 12.1 Å². The fourth-order valence-electron chi connectivity index (χ4n) is 1.90. The van der Waals surface area contributed by atoms with Crippen LogP contribution < -0.4 is 10.1 Å². The van der Waals surface area contributed by atoms with Crippen LogP contribution in [0.3, 0.4) is 0 Å². The molecule has 0 spiro atoms. The van der Waals surface area contributed by atoms with Gasteiger partial charge >= 0.3 is 6.09 Å². The Morgan fingerprint density at radius 3 is 2.16 bits per heavy atom. The van der Waals surface area contributed by atoms with E-state index in [-0.39, 0.29) is 5.04 Å². The summed E-state index contributed by atoms with van der Waals surface area (Å²) < 4.78 is 11.4. The van der Waals surface area contributed by atoms with E-state index in [1.807, 2.05) is 42.5 Å². The third-order valence-electron chi connectivity index (χ3n) is 4.56. The Kier molecular flexibility index (Phi) is 6.03. The van der Waals surface area contributed by atoms with Crippen LogP contribution in [0.4, 0.5) is 10.5 Å². The summed E-state index contributed by atoms with van der Waals surface area (Å²) in [6, 6.07) is 16.6. The van der Waals surface area contributed by atoms with Crippen molar-refractivity contribution in [3.63, 3.8) is 0 Å². The monoisotopic (exact) mass is 357 g/mol. The highest BCUT2D eigenvalue weighted by Crippen LogP contribution is 2.37. The molecule has 0 bridgehead atoms. The predicted molar refractivity (Wildman–Crippen MR) is 105 cm³/mol. The van der Waals surface area contributed by atoms with Gasteiger partial charge in [-0.2, -0.15) is 0 Å². The minimum absolute atomic E-state index is 0.190. The lowest BCUT2D eigenvalue weighted by Crippen LogP contribution is -2.40. The van der Waals surface area contributed by atoms with E-state index >= 15 is 0 Å². The van der Waals surface area contributed by atoms with E-state index in [9.17, 15) is 4.79 Å². The maximum absolute atomic E-state index is 11.9. The molecule has 2 rings (SSSR count). The molecule has 0 aliphatic rings. The molecule has 1 amide bonds. The highest BCUT2D eigenvalue weighted by molar-refractivity contribution is 6.74. The lowest BCUT2D eigenvalue weighted by molar-refractivity contribution is 0.215. The average molecular weight is 358 g/mol. The van der Waals surface area contributed by atoms with Gasteiger partial charge in [0.05, 0.1) is 6.61 Å². The van der Waals surface area contributed by atoms with Gasteiger partial charge in [-0.3, -0.25) is 5.32 Å². The number of amides is 1. The molecular weight excluding hydrogens is 330 g/mol. The van der Waals surface area contributed by atoms with E-state index in [2.05, 4.69) is 39.2 Å². The number of carbonyl (C=O) groups excluding carboxylic acids is 1. The lowest BCUT2D eigenvalue weighted by Gasteiger charge is -2.36. The molecule has 0 unspecified atom stereocenters. The van der Waals surface area contributed by atoms with Crippen molar-refractivity contribution in [3.05, 3.63) is 60.2 Å². The van der Waals surface area contributed by atoms with Crippen LogP contribution in [0, 0.1) is 0 Å². The summed E-state index contributed by atoms with van der Waals surface area (Å²) in [5.41, 5.74) is 1.78. The van der Waals surface area contributed by atoms with Crippen molar-refractivity contribution in [1.29, 1.82) is 0 Å². The molecule has 0 saturated carbocycles. The van der Waals surface area contributed by atoms with E-state index < -0.39 is 14.4 Å². The second-order valence-electron chi connectivity index (χ2n) is 7.57. The molecule has 1 N–H and O–H groups in total. The number of nitrogens with one attached hydrogen (secondary N) is 1. The van der Waals surface area contributed by atoms with Gasteiger partial charge in [-0.25, -0.2) is 4.79 Å². The number of para-hydroxylation sites is 1. The molecule has 25 heavy (non-hydrogen) atoms. The number of anilines is 1. The summed E-state index contributed by atoms with van der Waals surface area (Å²) >= 11 is 0. The topological polar surface area (TPSA) is 47.6 Å². The Hall–Kier alpha value is -2.11. The number of hydrogen-bond donors (Lipinski definition) is 1. The van der Waals surface area contributed by atoms with Crippen molar-refractivity contribution in [2.45, 2.75) is 45.5 Å². The summed E-state index contributed by atoms with van der Waals surface area (Å²) in [7, 11) is -1.76. The standard InChI is InChI=1S/C20H27NO3Si/c1-20(2,3)25(4,5)23-15-16-11-13-17(14-12-16)21-19(22)24-18-9-7-6-8-10-18/h6-14H,15H2,1-5H3,(H,21,22). The molecule has 0 atom stereocenters. The molecule has 0 aliphatic heterocycles. The first-order valence-electron chi connectivity index (χ1n) is 8.44. The van der Waals surface area contributed by atoms with Crippen molar-refractivity contribution >= 4 is 20.1 Å². The van der Waals surface area contributed by atoms with Crippen LogP contribution >= 0.6 is 0 Å². The van der Waals surface area contributed by atoms with Crippen LogP contribution in [0.1, 0.15) is 26.3 Å². The second-order valence-corrected chi connectivity index (χ2v) is 12.4. The van der Waals surface area contributed by atoms with Gasteiger partial charge in [0.2, 0.25) is 0 Å². The summed E-state index contributed by atoms with van der Waals surface area (Å²) in [4.78, 5) is 11.9. The quantitative estimate of drug-likeness (QED) is 0.686. The first kappa shape index (κ1) is 19.2. The average Bonchev–Trinajstić information content (AvgIpc) is 2.54. The third-order valence-corrected chi connectivity index (χ3v) is 9.04. The van der Waals surface area contributed by atoms with E-state index in [4.69, 9.17) is 9.16 Å². The Bertz CT molecular complexity index is 691. The lowest BCUT2D eigenvalue weighted by atomic mass is 10.2. The first-order valence-corrected chi connectivity index (χ1v) is 11.3. The van der Waals surface area contributed by atoms with Crippen LogP contribution in [-0.2, 0) is 11.0 Å². The van der Waals surface area contributed by atoms with Gasteiger partial charge in [0.1, 0.15) is 5.75 Å². The number of benzene rings is 2.